The zero-order valence-electron chi connectivity index (χ0n) is 19.8. The molecule has 4 atom stereocenters. The first-order valence-electron chi connectivity index (χ1n) is 13.0. The van der Waals surface area contributed by atoms with E-state index >= 15 is 0 Å². The number of aliphatic hydroxyl groups excluding tert-OH is 1. The maximum absolute atomic E-state index is 12.6. The van der Waals surface area contributed by atoms with Gasteiger partial charge in [0.25, 0.3) is 0 Å². The zero-order valence-corrected chi connectivity index (χ0v) is 19.8. The van der Waals surface area contributed by atoms with Gasteiger partial charge in [-0.2, -0.15) is 0 Å². The molecule has 0 spiro atoms. The van der Waals surface area contributed by atoms with Gasteiger partial charge in [-0.1, -0.05) is 12.8 Å². The van der Waals surface area contributed by atoms with E-state index in [1.165, 1.54) is 19.3 Å². The van der Waals surface area contributed by atoms with Crippen LogP contribution >= 0.6 is 0 Å². The van der Waals surface area contributed by atoms with Gasteiger partial charge in [0.05, 0.1) is 19.1 Å². The van der Waals surface area contributed by atoms with Crippen LogP contribution in [0.3, 0.4) is 0 Å². The number of aliphatic hydroxyl groups is 1. The molecule has 34 heavy (non-hydrogen) atoms. The first-order chi connectivity index (χ1) is 16.6. The van der Waals surface area contributed by atoms with Crippen molar-refractivity contribution >= 4 is 17.5 Å². The van der Waals surface area contributed by atoms with Crippen LogP contribution in [-0.4, -0.2) is 72.9 Å². The highest BCUT2D eigenvalue weighted by atomic mass is 16.6. The number of hydrogen-bond acceptors (Lipinski definition) is 6. The topological polar surface area (TPSA) is 100 Å². The third-order valence-corrected chi connectivity index (χ3v) is 7.85. The van der Waals surface area contributed by atoms with Gasteiger partial charge < -0.3 is 30.1 Å². The molecule has 3 heterocycles. The molecular weight excluding hydrogens is 434 g/mol. The minimum absolute atomic E-state index is 0.0159. The molecule has 2 amide bonds. The molecule has 4 aliphatic rings. The summed E-state index contributed by atoms with van der Waals surface area (Å²) in [4.78, 5) is 27.4. The molecule has 2 saturated heterocycles. The van der Waals surface area contributed by atoms with E-state index in [9.17, 15) is 14.7 Å². The number of nitrogens with zero attached hydrogens (tertiary/aromatic N) is 1. The van der Waals surface area contributed by atoms with E-state index in [-0.39, 0.29) is 48.9 Å². The maximum atomic E-state index is 12.6. The Hall–Kier alpha value is -2.16. The van der Waals surface area contributed by atoms with Crippen molar-refractivity contribution < 1.29 is 24.2 Å². The highest BCUT2D eigenvalue weighted by molar-refractivity contribution is 5.93. The molecule has 0 radical (unpaired) electrons. The van der Waals surface area contributed by atoms with Crippen LogP contribution in [0.25, 0.3) is 0 Å². The Labute approximate surface area is 201 Å². The monoisotopic (exact) mass is 471 g/mol. The lowest BCUT2D eigenvalue weighted by molar-refractivity contribution is -0.142. The van der Waals surface area contributed by atoms with Crippen molar-refractivity contribution in [3.8, 4) is 5.75 Å². The van der Waals surface area contributed by atoms with Crippen LogP contribution in [-0.2, 0) is 14.3 Å². The van der Waals surface area contributed by atoms with Crippen molar-refractivity contribution in [2.24, 2.45) is 5.92 Å². The number of piperidine rings is 1. The second kappa shape index (κ2) is 10.6. The van der Waals surface area contributed by atoms with E-state index in [0.29, 0.717) is 13.0 Å². The lowest BCUT2D eigenvalue weighted by atomic mass is 9.83. The number of anilines is 1. The van der Waals surface area contributed by atoms with Gasteiger partial charge in [0.15, 0.2) is 0 Å². The number of fused-ring (bicyclic) bond motifs is 3. The number of hydrogen-bond donors (Lipinski definition) is 3. The van der Waals surface area contributed by atoms with Crippen LogP contribution in [0.4, 0.5) is 5.69 Å². The van der Waals surface area contributed by atoms with Crippen LogP contribution in [0, 0.1) is 5.92 Å². The van der Waals surface area contributed by atoms with E-state index in [4.69, 9.17) is 9.47 Å². The van der Waals surface area contributed by atoms with Gasteiger partial charge in [-0.3, -0.25) is 9.59 Å². The normalized spacial score (nSPS) is 28.9. The van der Waals surface area contributed by atoms with E-state index in [1.807, 2.05) is 18.2 Å². The minimum atomic E-state index is -0.481. The first-order valence-corrected chi connectivity index (χ1v) is 13.0. The van der Waals surface area contributed by atoms with Gasteiger partial charge in [0, 0.05) is 36.2 Å². The number of rotatable bonds is 8. The highest BCUT2D eigenvalue weighted by Gasteiger charge is 2.46. The van der Waals surface area contributed by atoms with Crippen molar-refractivity contribution in [3.63, 3.8) is 0 Å². The Bertz CT molecular complexity index is 883. The smallest absolute Gasteiger partial charge is 0.227 e. The van der Waals surface area contributed by atoms with Crippen molar-refractivity contribution in [1.29, 1.82) is 0 Å². The first kappa shape index (κ1) is 23.6. The number of amides is 2. The number of benzene rings is 1. The predicted molar refractivity (Wildman–Crippen MR) is 128 cm³/mol. The average molecular weight is 472 g/mol. The summed E-state index contributed by atoms with van der Waals surface area (Å²) in [7, 11) is 0. The molecule has 8 heteroatoms. The molecular formula is C26H37N3O5. The van der Waals surface area contributed by atoms with Crippen LogP contribution in [0.5, 0.6) is 5.75 Å². The minimum Gasteiger partial charge on any atom is -0.487 e. The molecule has 5 rings (SSSR count). The Balaban J connectivity index is 1.18. The Morgan fingerprint density at radius 1 is 1.12 bits per heavy atom. The second-order valence-corrected chi connectivity index (χ2v) is 10.2. The van der Waals surface area contributed by atoms with Crippen molar-refractivity contribution in [2.75, 3.05) is 38.1 Å². The van der Waals surface area contributed by atoms with Crippen molar-refractivity contribution in [1.82, 2.24) is 10.2 Å². The zero-order chi connectivity index (χ0) is 23.5. The van der Waals surface area contributed by atoms with E-state index in [2.05, 4.69) is 15.5 Å². The third kappa shape index (κ3) is 5.24. The largest absolute Gasteiger partial charge is 0.487 e. The lowest BCUT2D eigenvalue weighted by Crippen LogP contribution is -2.47. The summed E-state index contributed by atoms with van der Waals surface area (Å²) in [6, 6.07) is 5.75. The molecule has 1 aromatic rings. The average Bonchev–Trinajstić information content (AvgIpc) is 3.16. The van der Waals surface area contributed by atoms with E-state index in [0.717, 1.165) is 55.9 Å². The summed E-state index contributed by atoms with van der Waals surface area (Å²) in [6.07, 6.45) is 6.70. The molecule has 0 bridgehead atoms. The van der Waals surface area contributed by atoms with Crippen LogP contribution in [0.1, 0.15) is 62.8 Å². The van der Waals surface area contributed by atoms with Gasteiger partial charge in [-0.15, -0.1) is 0 Å². The van der Waals surface area contributed by atoms with E-state index < -0.39 is 6.10 Å². The van der Waals surface area contributed by atoms with Crippen LogP contribution in [0.15, 0.2) is 18.2 Å². The highest BCUT2D eigenvalue weighted by Crippen LogP contribution is 2.47. The molecule has 8 nitrogen and oxygen atoms in total. The summed E-state index contributed by atoms with van der Waals surface area (Å²) < 4.78 is 12.2. The third-order valence-electron chi connectivity index (χ3n) is 7.85. The molecule has 0 unspecified atom stereocenters. The summed E-state index contributed by atoms with van der Waals surface area (Å²) in [5.41, 5.74) is 1.80. The number of carbonyl (C=O) groups excluding carboxylic acids is 2. The quantitative estimate of drug-likeness (QED) is 0.539. The predicted octanol–water partition coefficient (Wildman–Crippen LogP) is 2.41. The second-order valence-electron chi connectivity index (χ2n) is 10.2. The molecule has 3 fully saturated rings. The van der Waals surface area contributed by atoms with Gasteiger partial charge in [0.1, 0.15) is 18.0 Å². The fraction of sp³-hybridized carbons (Fsp3) is 0.692. The SMILES string of the molecule is O=C(C[C@@H]1C[C@@H]2c3cc(NC(=O)C4CCC4)ccc3O[C@@H]2[C@H](CO)O1)NCCN1CCCCC1. The lowest BCUT2D eigenvalue weighted by Gasteiger charge is -2.37. The standard InChI is InChI=1S/C26H37N3O5/c30-16-23-25-21(14-19(33-23)15-24(31)27-9-12-29-10-2-1-3-11-29)20-13-18(7-8-22(20)34-25)28-26(32)17-5-4-6-17/h7-8,13,17,19,21,23,25,30H,1-6,9-12,14-16H2,(H,27,31)(H,28,32)/t19-,21+,23-,25-/m0/s1. The summed E-state index contributed by atoms with van der Waals surface area (Å²) in [5.74, 6) is 0.980. The summed E-state index contributed by atoms with van der Waals surface area (Å²) in [5, 5.41) is 16.0. The summed E-state index contributed by atoms with van der Waals surface area (Å²) >= 11 is 0. The van der Waals surface area contributed by atoms with Crippen molar-refractivity contribution in [2.45, 2.75) is 75.6 Å². The Morgan fingerprint density at radius 2 is 1.94 bits per heavy atom. The summed E-state index contributed by atoms with van der Waals surface area (Å²) in [6.45, 7) is 3.61. The molecule has 1 saturated carbocycles. The number of ether oxygens (including phenoxy) is 2. The fourth-order valence-corrected chi connectivity index (χ4v) is 5.70. The molecule has 186 valence electrons. The van der Waals surface area contributed by atoms with Gasteiger partial charge in [-0.25, -0.2) is 0 Å². The maximum Gasteiger partial charge on any atom is 0.227 e. The molecule has 3 N–H and O–H groups in total. The molecule has 0 aromatic heterocycles. The van der Waals surface area contributed by atoms with Crippen LogP contribution < -0.4 is 15.4 Å². The van der Waals surface area contributed by atoms with Gasteiger partial charge in [0.2, 0.25) is 11.8 Å². The Morgan fingerprint density at radius 3 is 2.68 bits per heavy atom. The molecule has 3 aliphatic heterocycles. The fourth-order valence-electron chi connectivity index (χ4n) is 5.70. The van der Waals surface area contributed by atoms with Gasteiger partial charge in [-0.05, 0) is 63.4 Å². The van der Waals surface area contributed by atoms with Crippen molar-refractivity contribution in [3.05, 3.63) is 23.8 Å². The molecule has 1 aromatic carbocycles. The number of nitrogens with one attached hydrogen (secondary N) is 2. The van der Waals surface area contributed by atoms with Crippen LogP contribution in [0.2, 0.25) is 0 Å². The number of carbonyl (C=O) groups is 2. The molecule has 1 aliphatic carbocycles. The van der Waals surface area contributed by atoms with Gasteiger partial charge >= 0.3 is 0 Å². The Kier molecular flexibility index (Phi) is 7.37. The number of likely N-dealkylation sites (tertiary alicyclic amines) is 1. The van der Waals surface area contributed by atoms with E-state index in [1.54, 1.807) is 0 Å².